The highest BCUT2D eigenvalue weighted by molar-refractivity contribution is 6.32. The summed E-state index contributed by atoms with van der Waals surface area (Å²) in [5.74, 6) is 0. The Hall–Kier alpha value is -1.61. The predicted octanol–water partition coefficient (Wildman–Crippen LogP) is 2.38. The molecule has 2 aromatic heterocycles. The highest BCUT2D eigenvalue weighted by Crippen LogP contribution is 2.27. The highest BCUT2D eigenvalue weighted by Gasteiger charge is 2.06. The first-order chi connectivity index (χ1) is 6.79. The van der Waals surface area contributed by atoms with E-state index in [1.165, 1.54) is 0 Å². The number of pyridine rings is 2. The molecular weight excluding hydrogens is 198 g/mol. The number of hydrogen-bond donors (Lipinski definition) is 1. The second kappa shape index (κ2) is 3.64. The van der Waals surface area contributed by atoms with Crippen molar-refractivity contribution in [3.8, 4) is 11.3 Å². The molecule has 0 aliphatic heterocycles. The number of aromatic nitrogens is 2. The fraction of sp³-hybridized carbons (Fsp3) is 0. The molecular formula is C10H8ClN3. The smallest absolute Gasteiger partial charge is 0.152 e. The second-order valence-electron chi connectivity index (χ2n) is 2.78. The summed E-state index contributed by atoms with van der Waals surface area (Å²) in [5, 5.41) is 0.313. The Balaban J connectivity index is 2.58. The third-order valence-corrected chi connectivity index (χ3v) is 2.18. The number of anilines is 1. The summed E-state index contributed by atoms with van der Waals surface area (Å²) in [6.45, 7) is 0. The Bertz CT molecular complexity index is 442. The zero-order valence-electron chi connectivity index (χ0n) is 7.31. The van der Waals surface area contributed by atoms with Crippen molar-refractivity contribution in [3.05, 3.63) is 41.8 Å². The molecule has 0 saturated heterocycles. The third kappa shape index (κ3) is 1.54. The van der Waals surface area contributed by atoms with Crippen LogP contribution in [0.3, 0.4) is 0 Å². The maximum Gasteiger partial charge on any atom is 0.152 e. The first-order valence-electron chi connectivity index (χ1n) is 4.10. The van der Waals surface area contributed by atoms with Crippen LogP contribution in [0, 0.1) is 0 Å². The van der Waals surface area contributed by atoms with Gasteiger partial charge in [-0.15, -0.1) is 0 Å². The molecule has 0 unspecified atom stereocenters. The van der Waals surface area contributed by atoms with E-state index in [1.54, 1.807) is 18.5 Å². The zero-order chi connectivity index (χ0) is 9.97. The van der Waals surface area contributed by atoms with Gasteiger partial charge in [-0.25, -0.2) is 4.98 Å². The topological polar surface area (TPSA) is 51.8 Å². The van der Waals surface area contributed by atoms with Crippen LogP contribution in [-0.4, -0.2) is 9.97 Å². The Morgan fingerprint density at radius 1 is 1.07 bits per heavy atom. The van der Waals surface area contributed by atoms with Gasteiger partial charge in [-0.05, 0) is 18.2 Å². The van der Waals surface area contributed by atoms with E-state index in [4.69, 9.17) is 17.3 Å². The summed E-state index contributed by atoms with van der Waals surface area (Å²) >= 11 is 5.80. The largest absolute Gasteiger partial charge is 0.396 e. The molecule has 2 N–H and O–H groups in total. The van der Waals surface area contributed by atoms with Gasteiger partial charge in [0.2, 0.25) is 0 Å². The molecule has 2 rings (SSSR count). The zero-order valence-corrected chi connectivity index (χ0v) is 8.07. The molecule has 3 nitrogen and oxygen atoms in total. The monoisotopic (exact) mass is 205 g/mol. The molecule has 70 valence electrons. The molecule has 0 amide bonds. The lowest BCUT2D eigenvalue weighted by Crippen LogP contribution is -1.94. The lowest BCUT2D eigenvalue weighted by atomic mass is 10.1. The van der Waals surface area contributed by atoms with Gasteiger partial charge in [0.15, 0.2) is 5.15 Å². The van der Waals surface area contributed by atoms with Gasteiger partial charge in [-0.3, -0.25) is 4.98 Å². The van der Waals surface area contributed by atoms with Gasteiger partial charge in [0, 0.05) is 18.0 Å². The molecule has 2 aromatic rings. The number of nitrogen functional groups attached to an aromatic ring is 1. The van der Waals surface area contributed by atoms with Gasteiger partial charge in [0.05, 0.1) is 11.4 Å². The van der Waals surface area contributed by atoms with Crippen LogP contribution in [0.4, 0.5) is 5.69 Å². The summed E-state index contributed by atoms with van der Waals surface area (Å²) in [5.41, 5.74) is 7.86. The number of nitrogens with two attached hydrogens (primary N) is 1. The standard InChI is InChI=1S/C10H8ClN3/c11-10-9(12)7(4-6-14-10)8-3-1-2-5-13-8/h1-6H,12H2. The highest BCUT2D eigenvalue weighted by atomic mass is 35.5. The van der Waals surface area contributed by atoms with E-state index in [2.05, 4.69) is 9.97 Å². The Kier molecular flexibility index (Phi) is 2.33. The SMILES string of the molecule is Nc1c(-c2ccccn2)ccnc1Cl. The first-order valence-corrected chi connectivity index (χ1v) is 4.48. The van der Waals surface area contributed by atoms with Crippen molar-refractivity contribution in [3.63, 3.8) is 0 Å². The molecule has 2 heterocycles. The quantitative estimate of drug-likeness (QED) is 0.728. The summed E-state index contributed by atoms with van der Waals surface area (Å²) in [4.78, 5) is 8.06. The van der Waals surface area contributed by atoms with Crippen LogP contribution in [0.5, 0.6) is 0 Å². The predicted molar refractivity (Wildman–Crippen MR) is 56.9 cm³/mol. The Labute approximate surface area is 86.6 Å². The second-order valence-corrected chi connectivity index (χ2v) is 3.14. The molecule has 0 aliphatic rings. The number of nitrogens with zero attached hydrogens (tertiary/aromatic N) is 2. The number of halogens is 1. The Morgan fingerprint density at radius 3 is 2.64 bits per heavy atom. The first kappa shape index (κ1) is 8.97. The molecule has 0 bridgehead atoms. The molecule has 0 aliphatic carbocycles. The van der Waals surface area contributed by atoms with Gasteiger partial charge >= 0.3 is 0 Å². The van der Waals surface area contributed by atoms with Crippen LogP contribution in [0.25, 0.3) is 11.3 Å². The molecule has 0 aromatic carbocycles. The van der Waals surface area contributed by atoms with Gasteiger partial charge in [0.1, 0.15) is 0 Å². The molecule has 0 fully saturated rings. The van der Waals surface area contributed by atoms with E-state index in [-0.39, 0.29) is 0 Å². The van der Waals surface area contributed by atoms with Crippen LogP contribution in [0.1, 0.15) is 0 Å². The number of rotatable bonds is 1. The summed E-state index contributed by atoms with van der Waals surface area (Å²) < 4.78 is 0. The molecule has 0 radical (unpaired) electrons. The van der Waals surface area contributed by atoms with Crippen LogP contribution < -0.4 is 5.73 Å². The van der Waals surface area contributed by atoms with Gasteiger partial charge in [-0.2, -0.15) is 0 Å². The van der Waals surface area contributed by atoms with Crippen molar-refractivity contribution in [2.24, 2.45) is 0 Å². The Morgan fingerprint density at radius 2 is 1.93 bits per heavy atom. The van der Waals surface area contributed by atoms with E-state index >= 15 is 0 Å². The van der Waals surface area contributed by atoms with E-state index in [0.717, 1.165) is 11.3 Å². The lowest BCUT2D eigenvalue weighted by molar-refractivity contribution is 1.29. The van der Waals surface area contributed by atoms with E-state index < -0.39 is 0 Å². The maximum atomic E-state index is 5.80. The molecule has 0 spiro atoms. The minimum Gasteiger partial charge on any atom is -0.396 e. The van der Waals surface area contributed by atoms with Crippen molar-refractivity contribution < 1.29 is 0 Å². The van der Waals surface area contributed by atoms with E-state index in [0.29, 0.717) is 10.8 Å². The van der Waals surface area contributed by atoms with Gasteiger partial charge < -0.3 is 5.73 Å². The van der Waals surface area contributed by atoms with E-state index in [1.807, 2.05) is 18.2 Å². The normalized spacial score (nSPS) is 10.1. The molecule has 0 atom stereocenters. The van der Waals surface area contributed by atoms with Crippen molar-refractivity contribution in [2.45, 2.75) is 0 Å². The van der Waals surface area contributed by atoms with E-state index in [9.17, 15) is 0 Å². The van der Waals surface area contributed by atoms with Crippen molar-refractivity contribution in [1.29, 1.82) is 0 Å². The number of hydrogen-bond acceptors (Lipinski definition) is 3. The van der Waals surface area contributed by atoms with Crippen LogP contribution in [0.2, 0.25) is 5.15 Å². The fourth-order valence-corrected chi connectivity index (χ4v) is 1.35. The van der Waals surface area contributed by atoms with Crippen molar-refractivity contribution in [2.75, 3.05) is 5.73 Å². The molecule has 14 heavy (non-hydrogen) atoms. The summed E-state index contributed by atoms with van der Waals surface area (Å²) in [7, 11) is 0. The maximum absolute atomic E-state index is 5.80. The van der Waals surface area contributed by atoms with Crippen LogP contribution in [0.15, 0.2) is 36.7 Å². The molecule has 4 heteroatoms. The minimum atomic E-state index is 0.313. The van der Waals surface area contributed by atoms with Gasteiger partial charge in [-0.1, -0.05) is 17.7 Å². The van der Waals surface area contributed by atoms with Crippen LogP contribution >= 0.6 is 11.6 Å². The van der Waals surface area contributed by atoms with Crippen LogP contribution in [-0.2, 0) is 0 Å². The fourth-order valence-electron chi connectivity index (χ4n) is 1.19. The van der Waals surface area contributed by atoms with Crippen molar-refractivity contribution in [1.82, 2.24) is 9.97 Å². The summed E-state index contributed by atoms with van der Waals surface area (Å²) in [6, 6.07) is 7.42. The van der Waals surface area contributed by atoms with Crippen molar-refractivity contribution >= 4 is 17.3 Å². The average Bonchev–Trinajstić information content (AvgIpc) is 2.23. The third-order valence-electron chi connectivity index (χ3n) is 1.88. The van der Waals surface area contributed by atoms with Gasteiger partial charge in [0.25, 0.3) is 0 Å². The molecule has 0 saturated carbocycles. The summed E-state index contributed by atoms with van der Waals surface area (Å²) in [6.07, 6.45) is 3.33. The average molecular weight is 206 g/mol. The lowest BCUT2D eigenvalue weighted by Gasteiger charge is -2.04. The minimum absolute atomic E-state index is 0.313.